The van der Waals surface area contributed by atoms with Crippen LogP contribution in [0.1, 0.15) is 49.6 Å². The molecule has 7 heteroatoms. The van der Waals surface area contributed by atoms with Crippen LogP contribution in [0.25, 0.3) is 21.6 Å². The number of imide groups is 1. The van der Waals surface area contributed by atoms with Crippen molar-refractivity contribution >= 4 is 33.4 Å². The summed E-state index contributed by atoms with van der Waals surface area (Å²) in [6, 6.07) is 14.8. The SMILES string of the molecule is Cc1cccc(-c2nc3sc4c(c3c(=O)n2CCN2C(=O)c3ccccc3C2=O)CCCC4)c1. The van der Waals surface area contributed by atoms with E-state index in [1.165, 1.54) is 9.78 Å². The molecular formula is C27H23N3O3S. The summed E-state index contributed by atoms with van der Waals surface area (Å²) in [5, 5.41) is 0.707. The number of nitrogens with zero attached hydrogens (tertiary/aromatic N) is 3. The van der Waals surface area contributed by atoms with E-state index in [-0.39, 0.29) is 30.5 Å². The third-order valence-electron chi connectivity index (χ3n) is 6.78. The zero-order valence-electron chi connectivity index (χ0n) is 18.8. The van der Waals surface area contributed by atoms with E-state index in [4.69, 9.17) is 4.98 Å². The summed E-state index contributed by atoms with van der Waals surface area (Å²) in [6.07, 6.45) is 4.10. The number of aryl methyl sites for hydroxylation is 3. The Morgan fingerprint density at radius 1 is 0.912 bits per heavy atom. The van der Waals surface area contributed by atoms with E-state index in [0.29, 0.717) is 22.3 Å². The van der Waals surface area contributed by atoms with Crippen molar-refractivity contribution in [2.75, 3.05) is 6.54 Å². The number of hydrogen-bond donors (Lipinski definition) is 0. The van der Waals surface area contributed by atoms with Crippen LogP contribution in [0, 0.1) is 6.92 Å². The van der Waals surface area contributed by atoms with E-state index in [9.17, 15) is 14.4 Å². The summed E-state index contributed by atoms with van der Waals surface area (Å²) in [7, 11) is 0. The van der Waals surface area contributed by atoms with E-state index in [2.05, 4.69) is 0 Å². The number of carbonyl (C=O) groups excluding carboxylic acids is 2. The Labute approximate surface area is 200 Å². The summed E-state index contributed by atoms with van der Waals surface area (Å²) in [4.78, 5) is 47.9. The second kappa shape index (κ2) is 8.02. The van der Waals surface area contributed by atoms with Crippen LogP contribution in [0.2, 0.25) is 0 Å². The Hall–Kier alpha value is -3.58. The summed E-state index contributed by atoms with van der Waals surface area (Å²) in [5.41, 5.74) is 3.81. The molecule has 0 unspecified atom stereocenters. The molecule has 2 amide bonds. The summed E-state index contributed by atoms with van der Waals surface area (Å²) in [6.45, 7) is 2.32. The van der Waals surface area contributed by atoms with Crippen molar-refractivity contribution in [1.82, 2.24) is 14.5 Å². The van der Waals surface area contributed by atoms with Gasteiger partial charge in [-0.25, -0.2) is 4.98 Å². The van der Waals surface area contributed by atoms with Gasteiger partial charge in [0.25, 0.3) is 17.4 Å². The number of rotatable bonds is 4. The normalized spacial score (nSPS) is 15.1. The molecular weight excluding hydrogens is 446 g/mol. The Balaban J connectivity index is 1.46. The number of aromatic nitrogens is 2. The number of carbonyl (C=O) groups is 2. The Bertz CT molecular complexity index is 1510. The lowest BCUT2D eigenvalue weighted by Crippen LogP contribution is -2.36. The van der Waals surface area contributed by atoms with Crippen molar-refractivity contribution in [2.24, 2.45) is 0 Å². The molecule has 6 rings (SSSR count). The van der Waals surface area contributed by atoms with E-state index >= 15 is 0 Å². The number of fused-ring (bicyclic) bond motifs is 4. The van der Waals surface area contributed by atoms with Crippen LogP contribution in [0.15, 0.2) is 53.3 Å². The van der Waals surface area contributed by atoms with Gasteiger partial charge < -0.3 is 0 Å². The summed E-state index contributed by atoms with van der Waals surface area (Å²) < 4.78 is 1.66. The molecule has 170 valence electrons. The fourth-order valence-corrected chi connectivity index (χ4v) is 6.34. The van der Waals surface area contributed by atoms with Crippen LogP contribution >= 0.6 is 11.3 Å². The maximum Gasteiger partial charge on any atom is 0.262 e. The van der Waals surface area contributed by atoms with Crippen molar-refractivity contribution in [3.05, 3.63) is 86.0 Å². The first kappa shape index (κ1) is 21.0. The van der Waals surface area contributed by atoms with Gasteiger partial charge in [-0.2, -0.15) is 0 Å². The van der Waals surface area contributed by atoms with Crippen LogP contribution in [-0.2, 0) is 19.4 Å². The molecule has 0 bridgehead atoms. The van der Waals surface area contributed by atoms with Gasteiger partial charge >= 0.3 is 0 Å². The predicted molar refractivity (Wildman–Crippen MR) is 133 cm³/mol. The minimum absolute atomic E-state index is 0.0856. The second-order valence-corrected chi connectivity index (χ2v) is 10.0. The molecule has 34 heavy (non-hydrogen) atoms. The van der Waals surface area contributed by atoms with Gasteiger partial charge in [0, 0.05) is 23.5 Å². The number of amides is 2. The van der Waals surface area contributed by atoms with Gasteiger partial charge in [-0.05, 0) is 56.4 Å². The van der Waals surface area contributed by atoms with Gasteiger partial charge in [0.15, 0.2) is 0 Å². The fourth-order valence-electron chi connectivity index (χ4n) is 5.09. The van der Waals surface area contributed by atoms with Crippen LogP contribution in [-0.4, -0.2) is 32.8 Å². The molecule has 2 aromatic carbocycles. The van der Waals surface area contributed by atoms with Crippen molar-refractivity contribution < 1.29 is 9.59 Å². The standard InChI is InChI=1S/C27H23N3O3S/c1-16-7-6-8-17(15-16)23-28-24-22(20-11-4-5-12-21(20)34-24)27(33)29(23)13-14-30-25(31)18-9-2-3-10-19(18)26(30)32/h2-3,6-10,15H,4-5,11-14H2,1H3. The highest BCUT2D eigenvalue weighted by atomic mass is 32.1. The van der Waals surface area contributed by atoms with Gasteiger partial charge in [-0.15, -0.1) is 11.3 Å². The number of thiophene rings is 1. The zero-order valence-corrected chi connectivity index (χ0v) is 19.7. The average molecular weight is 470 g/mol. The molecule has 2 aromatic heterocycles. The average Bonchev–Trinajstić information content (AvgIpc) is 3.34. The first-order valence-corrected chi connectivity index (χ1v) is 12.4. The topological polar surface area (TPSA) is 72.3 Å². The van der Waals surface area contributed by atoms with Gasteiger partial charge in [-0.1, -0.05) is 35.9 Å². The molecule has 0 saturated heterocycles. The lowest BCUT2D eigenvalue weighted by molar-refractivity contribution is 0.0648. The molecule has 0 saturated carbocycles. The highest BCUT2D eigenvalue weighted by Crippen LogP contribution is 2.35. The minimum Gasteiger partial charge on any atom is -0.290 e. The van der Waals surface area contributed by atoms with E-state index in [1.54, 1.807) is 40.2 Å². The highest BCUT2D eigenvalue weighted by Gasteiger charge is 2.35. The molecule has 4 aromatic rings. The maximum absolute atomic E-state index is 13.9. The summed E-state index contributed by atoms with van der Waals surface area (Å²) >= 11 is 1.63. The quantitative estimate of drug-likeness (QED) is 0.409. The van der Waals surface area contributed by atoms with Crippen molar-refractivity contribution in [3.8, 4) is 11.4 Å². The Morgan fingerprint density at radius 2 is 1.65 bits per heavy atom. The summed E-state index contributed by atoms with van der Waals surface area (Å²) in [5.74, 6) is -0.0446. The third-order valence-corrected chi connectivity index (χ3v) is 7.96. The van der Waals surface area contributed by atoms with E-state index in [0.717, 1.165) is 47.2 Å². The zero-order chi connectivity index (χ0) is 23.4. The molecule has 0 spiro atoms. The highest BCUT2D eigenvalue weighted by molar-refractivity contribution is 7.18. The number of benzene rings is 2. The largest absolute Gasteiger partial charge is 0.290 e. The first-order chi connectivity index (χ1) is 16.5. The Morgan fingerprint density at radius 3 is 2.38 bits per heavy atom. The maximum atomic E-state index is 13.9. The van der Waals surface area contributed by atoms with Gasteiger partial charge in [0.05, 0.1) is 16.5 Å². The monoisotopic (exact) mass is 469 g/mol. The second-order valence-electron chi connectivity index (χ2n) is 8.96. The molecule has 0 radical (unpaired) electrons. The van der Waals surface area contributed by atoms with Crippen molar-refractivity contribution in [3.63, 3.8) is 0 Å². The third kappa shape index (κ3) is 3.22. The van der Waals surface area contributed by atoms with E-state index < -0.39 is 0 Å². The molecule has 2 aliphatic rings. The molecule has 0 N–H and O–H groups in total. The van der Waals surface area contributed by atoms with Crippen LogP contribution in [0.4, 0.5) is 0 Å². The van der Waals surface area contributed by atoms with Gasteiger partial charge in [-0.3, -0.25) is 23.9 Å². The molecule has 6 nitrogen and oxygen atoms in total. The predicted octanol–water partition coefficient (Wildman–Crippen LogP) is 4.61. The van der Waals surface area contributed by atoms with Gasteiger partial charge in [0.1, 0.15) is 10.7 Å². The molecule has 1 aliphatic carbocycles. The number of hydrogen-bond acceptors (Lipinski definition) is 5. The first-order valence-electron chi connectivity index (χ1n) is 11.6. The van der Waals surface area contributed by atoms with Crippen LogP contribution < -0.4 is 5.56 Å². The lowest BCUT2D eigenvalue weighted by atomic mass is 9.97. The molecule has 3 heterocycles. The Kier molecular flexibility index (Phi) is 4.95. The molecule has 1 aliphatic heterocycles. The molecule has 0 fully saturated rings. The minimum atomic E-state index is -0.312. The molecule has 0 atom stereocenters. The van der Waals surface area contributed by atoms with E-state index in [1.807, 2.05) is 31.2 Å². The smallest absolute Gasteiger partial charge is 0.262 e. The van der Waals surface area contributed by atoms with Crippen molar-refractivity contribution in [1.29, 1.82) is 0 Å². The van der Waals surface area contributed by atoms with Crippen LogP contribution in [0.3, 0.4) is 0 Å². The lowest BCUT2D eigenvalue weighted by Gasteiger charge is -2.18. The van der Waals surface area contributed by atoms with Crippen LogP contribution in [0.5, 0.6) is 0 Å². The van der Waals surface area contributed by atoms with Gasteiger partial charge in [0.2, 0.25) is 0 Å². The fraction of sp³-hybridized carbons (Fsp3) is 0.259. The van der Waals surface area contributed by atoms with Crippen molar-refractivity contribution in [2.45, 2.75) is 39.2 Å².